The largest absolute Gasteiger partial charge is 0.497 e. The van der Waals surface area contributed by atoms with E-state index >= 15 is 0 Å². The topological polar surface area (TPSA) is 180 Å². The summed E-state index contributed by atoms with van der Waals surface area (Å²) in [5.74, 6) is 0.991. The van der Waals surface area contributed by atoms with Gasteiger partial charge in [0.2, 0.25) is 5.91 Å². The molecule has 2 aliphatic heterocycles. The highest BCUT2D eigenvalue weighted by atomic mass is 16.5. The Bertz CT molecular complexity index is 3070. The van der Waals surface area contributed by atoms with Crippen LogP contribution in [0.5, 0.6) is 11.5 Å². The number of H-pyrrole nitrogens is 2. The molecule has 4 N–H and O–H groups in total. The monoisotopic (exact) mass is 840 g/mol. The molecule has 2 aromatic heterocycles. The number of aromatic amines is 2. The number of fused-ring (bicyclic) bond motifs is 4. The van der Waals surface area contributed by atoms with Crippen molar-refractivity contribution in [2.24, 2.45) is 0 Å². The van der Waals surface area contributed by atoms with Crippen LogP contribution < -0.4 is 25.9 Å². The molecule has 0 aliphatic carbocycles. The summed E-state index contributed by atoms with van der Waals surface area (Å²) in [5, 5.41) is 28.2. The van der Waals surface area contributed by atoms with Gasteiger partial charge in [0.05, 0.1) is 49.2 Å². The number of carboxylic acids is 1. The Morgan fingerprint density at radius 3 is 1.56 bits per heavy atom. The maximum absolute atomic E-state index is 12.8. The van der Waals surface area contributed by atoms with Crippen molar-refractivity contribution in [1.29, 1.82) is 0 Å². The van der Waals surface area contributed by atoms with E-state index in [-0.39, 0.29) is 23.4 Å². The van der Waals surface area contributed by atoms with Crippen LogP contribution >= 0.6 is 0 Å². The molecule has 0 spiro atoms. The summed E-state index contributed by atoms with van der Waals surface area (Å²) in [7, 11) is 3.35. The Hall–Kier alpha value is -7.90. The van der Waals surface area contributed by atoms with E-state index in [0.29, 0.717) is 36.0 Å². The van der Waals surface area contributed by atoms with Crippen molar-refractivity contribution >= 4 is 33.4 Å². The molecule has 63 heavy (non-hydrogen) atoms. The molecule has 316 valence electrons. The SMILES string of the molecule is COc1ccc2c(c1)CN(C(=O)Cc1ccc(-c3n[nH]c(=O)c4ccccc34)cc1)C2.COc1ccc2c(c1)CNC2.O=C(O)Cc1ccc(-c2n[nH]c(=O)c3ccccc23)cc1. The minimum Gasteiger partial charge on any atom is -0.497 e. The summed E-state index contributed by atoms with van der Waals surface area (Å²) in [6.45, 7) is 3.21. The first kappa shape index (κ1) is 41.8. The maximum Gasteiger partial charge on any atom is 0.307 e. The summed E-state index contributed by atoms with van der Waals surface area (Å²) < 4.78 is 10.4. The zero-order valence-corrected chi connectivity index (χ0v) is 34.7. The fourth-order valence-corrected chi connectivity index (χ4v) is 7.76. The van der Waals surface area contributed by atoms with Gasteiger partial charge in [-0.1, -0.05) is 97.1 Å². The fraction of sp³-hybridized carbons (Fsp3) is 0.160. The van der Waals surface area contributed by atoms with Crippen LogP contribution in [-0.2, 0) is 48.6 Å². The van der Waals surface area contributed by atoms with E-state index in [0.717, 1.165) is 68.9 Å². The second-order valence-corrected chi connectivity index (χ2v) is 15.2. The Morgan fingerprint density at radius 1 is 0.571 bits per heavy atom. The van der Waals surface area contributed by atoms with Gasteiger partial charge in [0.1, 0.15) is 11.5 Å². The van der Waals surface area contributed by atoms with E-state index in [1.807, 2.05) is 95.9 Å². The lowest BCUT2D eigenvalue weighted by molar-refractivity contribution is -0.136. The lowest BCUT2D eigenvalue weighted by Gasteiger charge is -2.15. The van der Waals surface area contributed by atoms with Crippen molar-refractivity contribution in [3.05, 3.63) is 188 Å². The van der Waals surface area contributed by atoms with Gasteiger partial charge in [-0.3, -0.25) is 19.2 Å². The third kappa shape index (κ3) is 9.54. The molecular weight excluding hydrogens is 797 g/mol. The molecule has 0 atom stereocenters. The average Bonchev–Trinajstić information content (AvgIpc) is 3.98. The van der Waals surface area contributed by atoms with E-state index in [4.69, 9.17) is 14.6 Å². The Labute approximate surface area is 362 Å². The van der Waals surface area contributed by atoms with Gasteiger partial charge in [0.25, 0.3) is 11.1 Å². The number of rotatable bonds is 8. The molecule has 13 heteroatoms. The molecule has 0 saturated carbocycles. The van der Waals surface area contributed by atoms with Crippen LogP contribution in [-0.4, -0.2) is 56.5 Å². The number of amides is 1. The number of nitrogens with zero attached hydrogens (tertiary/aromatic N) is 3. The smallest absolute Gasteiger partial charge is 0.307 e. The molecule has 13 nitrogen and oxygen atoms in total. The number of carboxylic acid groups (broad SMARTS) is 1. The molecule has 8 aromatic rings. The standard InChI is InChI=1S/C25H21N3O3.C16H12N2O3.C9H11NO/c1-31-20-11-10-18-14-28(15-19(18)13-20)23(29)12-16-6-8-17(9-7-16)24-21-4-2-3-5-22(21)25(30)27-26-24;19-14(20)9-10-5-7-11(8-6-10)15-12-3-1-2-4-13(12)16(21)18-17-15;1-11-9-3-2-7-5-10-6-8(7)4-9/h2-11,13H,12,14-15H2,1H3,(H,27,30);1-8H,9H2,(H,18,21)(H,19,20);2-4,10H,5-6H2,1H3. The lowest BCUT2D eigenvalue weighted by Crippen LogP contribution is -2.26. The maximum atomic E-state index is 12.8. The minimum atomic E-state index is -0.865. The van der Waals surface area contributed by atoms with Crippen molar-refractivity contribution in [3.8, 4) is 34.0 Å². The number of nitrogens with one attached hydrogen (secondary N) is 3. The zero-order valence-electron chi connectivity index (χ0n) is 34.7. The first-order chi connectivity index (χ1) is 30.7. The predicted octanol–water partition coefficient (Wildman–Crippen LogP) is 7.20. The first-order valence-corrected chi connectivity index (χ1v) is 20.3. The number of carbonyl (C=O) groups excluding carboxylic acids is 1. The number of carbonyl (C=O) groups is 2. The van der Waals surface area contributed by atoms with Crippen LogP contribution in [0.3, 0.4) is 0 Å². The summed E-state index contributed by atoms with van der Waals surface area (Å²) in [6, 6.07) is 41.7. The molecule has 0 fully saturated rings. The molecule has 4 heterocycles. The van der Waals surface area contributed by atoms with Crippen LogP contribution in [0.25, 0.3) is 44.1 Å². The van der Waals surface area contributed by atoms with E-state index in [9.17, 15) is 19.2 Å². The van der Waals surface area contributed by atoms with Crippen molar-refractivity contribution in [3.63, 3.8) is 0 Å². The van der Waals surface area contributed by atoms with E-state index in [2.05, 4.69) is 37.8 Å². The predicted molar refractivity (Wildman–Crippen MR) is 241 cm³/mol. The fourth-order valence-electron chi connectivity index (χ4n) is 7.76. The molecule has 0 bridgehead atoms. The van der Waals surface area contributed by atoms with Crippen molar-refractivity contribution in [2.45, 2.75) is 39.0 Å². The second kappa shape index (κ2) is 18.8. The molecule has 0 saturated heterocycles. The van der Waals surface area contributed by atoms with Crippen LogP contribution in [0.1, 0.15) is 33.4 Å². The van der Waals surface area contributed by atoms with Crippen LogP contribution in [0.15, 0.2) is 143 Å². The molecule has 1 amide bonds. The third-order valence-corrected chi connectivity index (χ3v) is 11.1. The molecule has 10 rings (SSSR count). The summed E-state index contributed by atoms with van der Waals surface area (Å²) in [6.07, 6.45) is 0.325. The number of methoxy groups -OCH3 is 2. The van der Waals surface area contributed by atoms with Crippen molar-refractivity contribution < 1.29 is 24.2 Å². The Kier molecular flexibility index (Phi) is 12.5. The summed E-state index contributed by atoms with van der Waals surface area (Å²) in [4.78, 5) is 49.2. The van der Waals surface area contributed by atoms with Gasteiger partial charge >= 0.3 is 5.97 Å². The van der Waals surface area contributed by atoms with Crippen molar-refractivity contribution in [1.82, 2.24) is 30.6 Å². The Morgan fingerprint density at radius 2 is 1.03 bits per heavy atom. The van der Waals surface area contributed by atoms with Crippen LogP contribution in [0.4, 0.5) is 0 Å². The number of ether oxygens (including phenoxy) is 2. The van der Waals surface area contributed by atoms with Gasteiger partial charge in [-0.05, 0) is 69.8 Å². The highest BCUT2D eigenvalue weighted by Gasteiger charge is 2.24. The number of aliphatic carboxylic acids is 1. The molecule has 6 aromatic carbocycles. The highest BCUT2D eigenvalue weighted by molar-refractivity contribution is 5.94. The zero-order chi connectivity index (χ0) is 43.9. The van der Waals surface area contributed by atoms with Gasteiger partial charge in [0.15, 0.2) is 0 Å². The first-order valence-electron chi connectivity index (χ1n) is 20.3. The van der Waals surface area contributed by atoms with Gasteiger partial charge in [-0.25, -0.2) is 10.2 Å². The number of benzene rings is 6. The van der Waals surface area contributed by atoms with Gasteiger partial charge < -0.3 is 24.8 Å². The molecular formula is C50H44N6O7. The molecule has 0 radical (unpaired) electrons. The summed E-state index contributed by atoms with van der Waals surface area (Å²) in [5.41, 5.74) is 9.42. The number of aromatic nitrogens is 4. The van der Waals surface area contributed by atoms with Gasteiger partial charge in [-0.15, -0.1) is 0 Å². The van der Waals surface area contributed by atoms with E-state index < -0.39 is 5.97 Å². The average molecular weight is 841 g/mol. The normalized spacial score (nSPS) is 12.4. The van der Waals surface area contributed by atoms with Gasteiger partial charge in [0, 0.05) is 48.1 Å². The lowest BCUT2D eigenvalue weighted by atomic mass is 10.0. The quantitative estimate of drug-likeness (QED) is 0.122. The van der Waals surface area contributed by atoms with E-state index in [1.54, 1.807) is 44.6 Å². The van der Waals surface area contributed by atoms with E-state index in [1.165, 1.54) is 16.7 Å². The van der Waals surface area contributed by atoms with Gasteiger partial charge in [-0.2, -0.15) is 10.2 Å². The second-order valence-electron chi connectivity index (χ2n) is 15.2. The molecule has 2 aliphatic rings. The number of hydrogen-bond donors (Lipinski definition) is 4. The minimum absolute atomic E-state index is 0.0138. The van der Waals surface area contributed by atoms with Crippen LogP contribution in [0, 0.1) is 0 Å². The Balaban J connectivity index is 0.000000146. The highest BCUT2D eigenvalue weighted by Crippen LogP contribution is 2.29. The number of hydrogen-bond acceptors (Lipinski definition) is 9. The summed E-state index contributed by atoms with van der Waals surface area (Å²) >= 11 is 0. The van der Waals surface area contributed by atoms with Crippen LogP contribution in [0.2, 0.25) is 0 Å². The third-order valence-electron chi connectivity index (χ3n) is 11.1. The van der Waals surface area contributed by atoms with Crippen molar-refractivity contribution in [2.75, 3.05) is 14.2 Å². The molecule has 0 unspecified atom stereocenters.